The van der Waals surface area contributed by atoms with Crippen LogP contribution in [0.15, 0.2) is 0 Å². The Morgan fingerprint density at radius 1 is 1.28 bits per heavy atom. The summed E-state index contributed by atoms with van der Waals surface area (Å²) in [5.74, 6) is 0.186. The van der Waals surface area contributed by atoms with Crippen molar-refractivity contribution in [1.82, 2.24) is 0 Å². The molecule has 0 heterocycles. The Morgan fingerprint density at radius 3 is 2.33 bits per heavy atom. The third-order valence-electron chi connectivity index (χ3n) is 3.72. The van der Waals surface area contributed by atoms with Gasteiger partial charge in [0.1, 0.15) is 0 Å². The summed E-state index contributed by atoms with van der Waals surface area (Å²) in [5.41, 5.74) is 0. The molecule has 5 heteroatoms. The second-order valence-corrected chi connectivity index (χ2v) is 7.97. The van der Waals surface area contributed by atoms with E-state index in [1.54, 1.807) is 13.8 Å². The molecule has 0 unspecified atom stereocenters. The van der Waals surface area contributed by atoms with Crippen LogP contribution in [0.4, 0.5) is 0 Å². The molecule has 0 spiro atoms. The van der Waals surface area contributed by atoms with E-state index in [1.165, 1.54) is 32.1 Å². The zero-order valence-electron chi connectivity index (χ0n) is 11.3. The SMILES string of the molecule is CC(C)S(O)(O)C(=N)C(=O)CCC1CCCCC1. The Labute approximate surface area is 111 Å². The van der Waals surface area contributed by atoms with Crippen molar-refractivity contribution < 1.29 is 13.9 Å². The first-order valence-corrected chi connectivity index (χ1v) is 8.35. The van der Waals surface area contributed by atoms with E-state index >= 15 is 0 Å². The number of nitrogens with one attached hydrogen (secondary N) is 1. The van der Waals surface area contributed by atoms with Crippen molar-refractivity contribution in [3.05, 3.63) is 0 Å². The molecule has 0 atom stereocenters. The average Bonchev–Trinajstić information content (AvgIpc) is 2.36. The lowest BCUT2D eigenvalue weighted by atomic mass is 9.86. The molecule has 18 heavy (non-hydrogen) atoms. The van der Waals surface area contributed by atoms with E-state index in [2.05, 4.69) is 0 Å². The van der Waals surface area contributed by atoms with Gasteiger partial charge < -0.3 is 0 Å². The van der Waals surface area contributed by atoms with Crippen LogP contribution in [0.25, 0.3) is 0 Å². The minimum atomic E-state index is -3.20. The highest BCUT2D eigenvalue weighted by atomic mass is 32.3. The summed E-state index contributed by atoms with van der Waals surface area (Å²) in [6.07, 6.45) is 7.16. The van der Waals surface area contributed by atoms with Crippen molar-refractivity contribution in [3.8, 4) is 0 Å². The quantitative estimate of drug-likeness (QED) is 0.523. The number of carbonyl (C=O) groups excluding carboxylic acids is 1. The molecule has 0 radical (unpaired) electrons. The zero-order valence-corrected chi connectivity index (χ0v) is 12.1. The summed E-state index contributed by atoms with van der Waals surface area (Å²) in [7, 11) is -3.20. The molecule has 0 aliphatic heterocycles. The first-order valence-electron chi connectivity index (χ1n) is 6.74. The fourth-order valence-corrected chi connectivity index (χ4v) is 3.24. The highest BCUT2D eigenvalue weighted by molar-refractivity contribution is 8.38. The maximum atomic E-state index is 11.8. The standard InChI is InChI=1S/C13H25NO3S/c1-10(2)18(16,17)13(14)12(15)9-8-11-6-4-3-5-7-11/h10-11,14,16-17H,3-9H2,1-2H3. The van der Waals surface area contributed by atoms with Gasteiger partial charge in [0, 0.05) is 11.7 Å². The van der Waals surface area contributed by atoms with E-state index < -0.39 is 26.7 Å². The molecule has 106 valence electrons. The second kappa shape index (κ2) is 6.68. The predicted molar refractivity (Wildman–Crippen MR) is 76.5 cm³/mol. The van der Waals surface area contributed by atoms with Gasteiger partial charge in [0.05, 0.1) is 0 Å². The minimum absolute atomic E-state index is 0.284. The lowest BCUT2D eigenvalue weighted by Crippen LogP contribution is -2.26. The summed E-state index contributed by atoms with van der Waals surface area (Å²) in [6, 6.07) is 0. The molecular weight excluding hydrogens is 250 g/mol. The highest BCUT2D eigenvalue weighted by Gasteiger charge is 2.29. The van der Waals surface area contributed by atoms with E-state index in [4.69, 9.17) is 5.41 Å². The van der Waals surface area contributed by atoms with Gasteiger partial charge in [0.2, 0.25) is 0 Å². The van der Waals surface area contributed by atoms with Crippen LogP contribution in [-0.2, 0) is 4.79 Å². The lowest BCUT2D eigenvalue weighted by Gasteiger charge is -2.35. The van der Waals surface area contributed by atoms with Crippen molar-refractivity contribution >= 4 is 21.4 Å². The lowest BCUT2D eigenvalue weighted by molar-refractivity contribution is -0.113. The third-order valence-corrected chi connectivity index (χ3v) is 5.86. The van der Waals surface area contributed by atoms with Crippen LogP contribution in [0.1, 0.15) is 58.8 Å². The molecule has 0 aromatic carbocycles. The summed E-state index contributed by atoms with van der Waals surface area (Å²) in [4.78, 5) is 11.8. The monoisotopic (exact) mass is 275 g/mol. The molecule has 0 aromatic rings. The Bertz CT molecular complexity index is 309. The Kier molecular flexibility index (Phi) is 5.82. The molecule has 3 N–H and O–H groups in total. The van der Waals surface area contributed by atoms with Crippen LogP contribution in [0.2, 0.25) is 0 Å². The third kappa shape index (κ3) is 4.07. The van der Waals surface area contributed by atoms with Gasteiger partial charge in [-0.25, -0.2) is 0 Å². The van der Waals surface area contributed by atoms with Crippen LogP contribution in [-0.4, -0.2) is 25.2 Å². The van der Waals surface area contributed by atoms with Crippen LogP contribution in [0, 0.1) is 11.3 Å². The minimum Gasteiger partial charge on any atom is -0.293 e. The topological polar surface area (TPSA) is 81.4 Å². The van der Waals surface area contributed by atoms with Crippen LogP contribution in [0.3, 0.4) is 0 Å². The van der Waals surface area contributed by atoms with Gasteiger partial charge in [-0.1, -0.05) is 32.1 Å². The maximum Gasteiger partial charge on any atom is 0.196 e. The van der Waals surface area contributed by atoms with Crippen LogP contribution in [0.5, 0.6) is 0 Å². The van der Waals surface area contributed by atoms with E-state index in [-0.39, 0.29) is 6.42 Å². The molecule has 1 aliphatic rings. The molecular formula is C13H25NO3S. The summed E-state index contributed by atoms with van der Waals surface area (Å²) in [5, 5.41) is 6.69. The van der Waals surface area contributed by atoms with Crippen LogP contribution >= 0.6 is 10.6 Å². The first kappa shape index (κ1) is 15.7. The number of rotatable bonds is 5. The molecule has 1 rings (SSSR count). The van der Waals surface area contributed by atoms with Gasteiger partial charge in [-0.3, -0.25) is 19.3 Å². The van der Waals surface area contributed by atoms with Crippen molar-refractivity contribution in [2.75, 3.05) is 0 Å². The zero-order chi connectivity index (χ0) is 13.8. The Morgan fingerprint density at radius 2 is 1.83 bits per heavy atom. The van der Waals surface area contributed by atoms with Crippen molar-refractivity contribution in [1.29, 1.82) is 5.41 Å². The van der Waals surface area contributed by atoms with E-state index in [9.17, 15) is 13.9 Å². The first-order chi connectivity index (χ1) is 8.35. The summed E-state index contributed by atoms with van der Waals surface area (Å²) >= 11 is 0. The fraction of sp³-hybridized carbons (Fsp3) is 0.846. The molecule has 1 saturated carbocycles. The number of Topliss-reactive ketones (excluding diaryl/α,β-unsaturated/α-hetero) is 1. The van der Waals surface area contributed by atoms with E-state index in [0.717, 1.165) is 6.42 Å². The van der Waals surface area contributed by atoms with Gasteiger partial charge in [-0.15, -0.1) is 10.6 Å². The molecule has 0 amide bonds. The van der Waals surface area contributed by atoms with E-state index in [1.807, 2.05) is 0 Å². The predicted octanol–water partition coefficient (Wildman–Crippen LogP) is 4.05. The molecule has 1 fully saturated rings. The van der Waals surface area contributed by atoms with Crippen LogP contribution < -0.4 is 0 Å². The number of carbonyl (C=O) groups is 1. The van der Waals surface area contributed by atoms with Gasteiger partial charge in [0.15, 0.2) is 10.8 Å². The average molecular weight is 275 g/mol. The molecule has 0 aromatic heterocycles. The normalized spacial score (nSPS) is 18.9. The smallest absolute Gasteiger partial charge is 0.196 e. The number of hydrogen-bond donors (Lipinski definition) is 3. The van der Waals surface area contributed by atoms with Crippen molar-refractivity contribution in [3.63, 3.8) is 0 Å². The molecule has 1 aliphatic carbocycles. The van der Waals surface area contributed by atoms with Gasteiger partial charge >= 0.3 is 0 Å². The van der Waals surface area contributed by atoms with Gasteiger partial charge in [-0.2, -0.15) is 0 Å². The number of ketones is 1. The Balaban J connectivity index is 2.42. The molecule has 0 bridgehead atoms. The maximum absolute atomic E-state index is 11.8. The van der Waals surface area contributed by atoms with Crippen molar-refractivity contribution in [2.24, 2.45) is 5.92 Å². The molecule has 0 saturated heterocycles. The van der Waals surface area contributed by atoms with Crippen molar-refractivity contribution in [2.45, 2.75) is 64.0 Å². The highest BCUT2D eigenvalue weighted by Crippen LogP contribution is 2.45. The number of hydrogen-bond acceptors (Lipinski definition) is 4. The Hall–Kier alpha value is -0.390. The second-order valence-electron chi connectivity index (χ2n) is 5.44. The van der Waals surface area contributed by atoms with E-state index in [0.29, 0.717) is 5.92 Å². The largest absolute Gasteiger partial charge is 0.293 e. The fourth-order valence-electron chi connectivity index (χ4n) is 2.33. The summed E-state index contributed by atoms with van der Waals surface area (Å²) < 4.78 is 19.5. The molecule has 4 nitrogen and oxygen atoms in total. The summed E-state index contributed by atoms with van der Waals surface area (Å²) in [6.45, 7) is 3.25. The van der Waals surface area contributed by atoms with Gasteiger partial charge in [0.25, 0.3) is 0 Å². The van der Waals surface area contributed by atoms with Gasteiger partial charge in [-0.05, 0) is 26.2 Å².